The van der Waals surface area contributed by atoms with Gasteiger partial charge in [0, 0.05) is 11.8 Å². The molecule has 0 saturated heterocycles. The van der Waals surface area contributed by atoms with Gasteiger partial charge in [0.05, 0.1) is 45.2 Å². The van der Waals surface area contributed by atoms with Gasteiger partial charge < -0.3 is 34.9 Å². The Morgan fingerprint density at radius 3 is 2.41 bits per heavy atom. The van der Waals surface area contributed by atoms with Crippen molar-refractivity contribution in [3.8, 4) is 23.0 Å². The van der Waals surface area contributed by atoms with Crippen LogP contribution in [0.2, 0.25) is 0 Å². The van der Waals surface area contributed by atoms with Gasteiger partial charge in [0.15, 0.2) is 11.5 Å². The molecule has 1 aliphatic heterocycles. The van der Waals surface area contributed by atoms with Gasteiger partial charge in [-0.15, -0.1) is 0 Å². The number of carbonyl (C=O) groups is 2. The Morgan fingerprint density at radius 1 is 1.00 bits per heavy atom. The first-order valence-electron chi connectivity index (χ1n) is 10.0. The number of amides is 3. The van der Waals surface area contributed by atoms with E-state index < -0.39 is 18.0 Å². The van der Waals surface area contributed by atoms with E-state index >= 15 is 0 Å². The summed E-state index contributed by atoms with van der Waals surface area (Å²) in [6.07, 6.45) is 0. The molecule has 0 bridgehead atoms. The van der Waals surface area contributed by atoms with Crippen LogP contribution in [0.5, 0.6) is 23.0 Å². The van der Waals surface area contributed by atoms with Crippen LogP contribution in [0.25, 0.3) is 0 Å². The van der Waals surface area contributed by atoms with Crippen LogP contribution >= 0.6 is 0 Å². The van der Waals surface area contributed by atoms with Crippen molar-refractivity contribution < 1.29 is 28.5 Å². The molecule has 2 aromatic carbocycles. The summed E-state index contributed by atoms with van der Waals surface area (Å²) in [5.74, 6) is 1.74. The molecule has 1 atom stereocenters. The molecule has 3 rings (SSSR count). The maximum atomic E-state index is 13.3. The first-order chi connectivity index (χ1) is 15.4. The number of allylic oxidation sites excluding steroid dienone is 1. The third kappa shape index (κ3) is 4.72. The van der Waals surface area contributed by atoms with Crippen molar-refractivity contribution in [2.24, 2.45) is 0 Å². The van der Waals surface area contributed by atoms with Gasteiger partial charge in [-0.2, -0.15) is 0 Å². The fourth-order valence-corrected chi connectivity index (χ4v) is 3.47. The largest absolute Gasteiger partial charge is 0.497 e. The van der Waals surface area contributed by atoms with Gasteiger partial charge in [0.25, 0.3) is 5.91 Å². The lowest BCUT2D eigenvalue weighted by Crippen LogP contribution is -2.46. The molecule has 1 heterocycles. The Bertz CT molecular complexity index is 1050. The molecule has 9 heteroatoms. The number of methoxy groups -OCH3 is 3. The summed E-state index contributed by atoms with van der Waals surface area (Å²) in [6, 6.07) is 9.27. The predicted molar refractivity (Wildman–Crippen MR) is 119 cm³/mol. The standard InChI is InChI=1S/C23H27N3O6/c1-6-32-17-10-7-14(11-19(17)31-5)21-20(13(2)24-23(28)26-21)22(27)25-16-9-8-15(29-3)12-18(16)30-4/h7-12,21H,6H2,1-5H3,(H,25,27)(H2,24,26,28). The van der Waals surface area contributed by atoms with Crippen LogP contribution in [-0.2, 0) is 4.79 Å². The van der Waals surface area contributed by atoms with Crippen LogP contribution < -0.4 is 34.9 Å². The zero-order chi connectivity index (χ0) is 23.3. The minimum Gasteiger partial charge on any atom is -0.497 e. The van der Waals surface area contributed by atoms with Crippen LogP contribution in [-0.4, -0.2) is 39.9 Å². The van der Waals surface area contributed by atoms with Crippen molar-refractivity contribution >= 4 is 17.6 Å². The molecule has 2 aromatic rings. The van der Waals surface area contributed by atoms with Crippen LogP contribution in [0.4, 0.5) is 10.5 Å². The summed E-state index contributed by atoms with van der Waals surface area (Å²) in [5, 5.41) is 8.34. The molecule has 32 heavy (non-hydrogen) atoms. The lowest BCUT2D eigenvalue weighted by molar-refractivity contribution is -0.113. The average molecular weight is 441 g/mol. The first-order valence-corrected chi connectivity index (χ1v) is 10.0. The van der Waals surface area contributed by atoms with Crippen molar-refractivity contribution in [1.82, 2.24) is 10.6 Å². The van der Waals surface area contributed by atoms with Gasteiger partial charge in [0.1, 0.15) is 11.5 Å². The van der Waals surface area contributed by atoms with Crippen molar-refractivity contribution in [3.05, 3.63) is 53.2 Å². The third-order valence-electron chi connectivity index (χ3n) is 4.99. The second-order valence-electron chi connectivity index (χ2n) is 6.93. The summed E-state index contributed by atoms with van der Waals surface area (Å²) < 4.78 is 21.6. The number of carbonyl (C=O) groups excluding carboxylic acids is 2. The van der Waals surface area contributed by atoms with Gasteiger partial charge >= 0.3 is 6.03 Å². The molecule has 1 unspecified atom stereocenters. The van der Waals surface area contributed by atoms with Crippen LogP contribution in [0.15, 0.2) is 47.7 Å². The normalized spacial score (nSPS) is 15.4. The second-order valence-corrected chi connectivity index (χ2v) is 6.93. The van der Waals surface area contributed by atoms with E-state index in [0.29, 0.717) is 52.1 Å². The number of anilines is 1. The predicted octanol–water partition coefficient (Wildman–Crippen LogP) is 3.38. The molecule has 1 aliphatic rings. The molecule has 3 N–H and O–H groups in total. The zero-order valence-corrected chi connectivity index (χ0v) is 18.7. The van der Waals surface area contributed by atoms with Crippen LogP contribution in [0.3, 0.4) is 0 Å². The van der Waals surface area contributed by atoms with Gasteiger partial charge in [-0.25, -0.2) is 4.79 Å². The third-order valence-corrected chi connectivity index (χ3v) is 4.99. The number of hydrogen-bond acceptors (Lipinski definition) is 6. The lowest BCUT2D eigenvalue weighted by Gasteiger charge is -2.29. The summed E-state index contributed by atoms with van der Waals surface area (Å²) in [7, 11) is 4.59. The summed E-state index contributed by atoms with van der Waals surface area (Å²) in [6.45, 7) is 4.04. The molecule has 0 aromatic heterocycles. The summed E-state index contributed by atoms with van der Waals surface area (Å²) in [4.78, 5) is 25.5. The summed E-state index contributed by atoms with van der Waals surface area (Å²) in [5.41, 5.74) is 1.94. The Labute approximate surface area is 186 Å². The van der Waals surface area contributed by atoms with E-state index in [1.54, 1.807) is 50.4 Å². The van der Waals surface area contributed by atoms with E-state index in [2.05, 4.69) is 16.0 Å². The van der Waals surface area contributed by atoms with E-state index in [0.717, 1.165) is 0 Å². The average Bonchev–Trinajstić information content (AvgIpc) is 2.79. The number of ether oxygens (including phenoxy) is 4. The van der Waals surface area contributed by atoms with Crippen LogP contribution in [0, 0.1) is 0 Å². The van der Waals surface area contributed by atoms with Gasteiger partial charge in [-0.1, -0.05) is 6.07 Å². The molecule has 3 amide bonds. The monoisotopic (exact) mass is 441 g/mol. The SMILES string of the molecule is CCOc1ccc(C2NC(=O)NC(C)=C2C(=O)Nc2ccc(OC)cc2OC)cc1OC. The first kappa shape index (κ1) is 22.8. The second kappa shape index (κ2) is 9.95. The Morgan fingerprint density at radius 2 is 1.75 bits per heavy atom. The quantitative estimate of drug-likeness (QED) is 0.580. The maximum Gasteiger partial charge on any atom is 0.319 e. The molecule has 0 fully saturated rings. The highest BCUT2D eigenvalue weighted by atomic mass is 16.5. The fourth-order valence-electron chi connectivity index (χ4n) is 3.47. The van der Waals surface area contributed by atoms with Crippen molar-refractivity contribution in [3.63, 3.8) is 0 Å². The molecule has 0 saturated carbocycles. The van der Waals surface area contributed by atoms with Gasteiger partial charge in [0.2, 0.25) is 0 Å². The Hall–Kier alpha value is -3.88. The zero-order valence-electron chi connectivity index (χ0n) is 18.7. The van der Waals surface area contributed by atoms with Gasteiger partial charge in [-0.3, -0.25) is 4.79 Å². The molecular weight excluding hydrogens is 414 g/mol. The number of urea groups is 1. The molecule has 170 valence electrons. The maximum absolute atomic E-state index is 13.3. The number of rotatable bonds is 8. The van der Waals surface area contributed by atoms with E-state index in [1.165, 1.54) is 14.2 Å². The highest BCUT2D eigenvalue weighted by molar-refractivity contribution is 6.07. The Balaban J connectivity index is 1.97. The van der Waals surface area contributed by atoms with E-state index in [9.17, 15) is 9.59 Å². The molecule has 0 radical (unpaired) electrons. The summed E-state index contributed by atoms with van der Waals surface area (Å²) >= 11 is 0. The smallest absolute Gasteiger partial charge is 0.319 e. The molecule has 9 nitrogen and oxygen atoms in total. The van der Waals surface area contributed by atoms with Crippen molar-refractivity contribution in [2.75, 3.05) is 33.3 Å². The number of hydrogen-bond donors (Lipinski definition) is 3. The lowest BCUT2D eigenvalue weighted by atomic mass is 9.94. The van der Waals surface area contributed by atoms with Crippen molar-refractivity contribution in [2.45, 2.75) is 19.9 Å². The molecular formula is C23H27N3O6. The topological polar surface area (TPSA) is 107 Å². The fraction of sp³-hybridized carbons (Fsp3) is 0.304. The van der Waals surface area contributed by atoms with E-state index in [1.807, 2.05) is 6.92 Å². The van der Waals surface area contributed by atoms with E-state index in [-0.39, 0.29) is 0 Å². The van der Waals surface area contributed by atoms with E-state index in [4.69, 9.17) is 18.9 Å². The number of nitrogens with one attached hydrogen (secondary N) is 3. The molecule has 0 spiro atoms. The van der Waals surface area contributed by atoms with Gasteiger partial charge in [-0.05, 0) is 43.7 Å². The minimum atomic E-state index is -0.697. The van der Waals surface area contributed by atoms with Crippen molar-refractivity contribution in [1.29, 1.82) is 0 Å². The highest BCUT2D eigenvalue weighted by Gasteiger charge is 2.32. The Kier molecular flexibility index (Phi) is 7.09. The number of benzene rings is 2. The highest BCUT2D eigenvalue weighted by Crippen LogP contribution is 2.35. The minimum absolute atomic E-state index is 0.355. The molecule has 0 aliphatic carbocycles. The van der Waals surface area contributed by atoms with Crippen LogP contribution in [0.1, 0.15) is 25.5 Å².